The van der Waals surface area contributed by atoms with Crippen molar-refractivity contribution >= 4 is 33.9 Å². The number of halogens is 1. The Labute approximate surface area is 126 Å². The number of aromatic nitrogens is 2. The largest absolute Gasteiger partial charge is 0.338 e. The van der Waals surface area contributed by atoms with Crippen LogP contribution in [-0.2, 0) is 10.8 Å². The molecule has 1 heterocycles. The molecular formula is C14H16ClN3OS. The van der Waals surface area contributed by atoms with E-state index in [0.717, 1.165) is 10.6 Å². The van der Waals surface area contributed by atoms with E-state index in [1.807, 2.05) is 38.1 Å². The van der Waals surface area contributed by atoms with Gasteiger partial charge in [0, 0.05) is 5.25 Å². The van der Waals surface area contributed by atoms with Crippen molar-refractivity contribution in [3.05, 3.63) is 41.3 Å². The smallest absolute Gasteiger partial charge is 0.152 e. The van der Waals surface area contributed by atoms with Gasteiger partial charge in [-0.3, -0.25) is 4.21 Å². The van der Waals surface area contributed by atoms with E-state index in [1.165, 1.54) is 0 Å². The van der Waals surface area contributed by atoms with E-state index in [-0.39, 0.29) is 5.25 Å². The summed E-state index contributed by atoms with van der Waals surface area (Å²) < 4.78 is 12.3. The molecule has 0 aliphatic heterocycles. The Bertz CT molecular complexity index is 646. The molecule has 2 rings (SSSR count). The SMILES string of the molecule is Cc1ncc(Cl)c(Nc2ccccc2S(=O)C(C)C)n1. The summed E-state index contributed by atoms with van der Waals surface area (Å²) in [5.74, 6) is 1.15. The minimum atomic E-state index is -1.08. The minimum absolute atomic E-state index is 0.0422. The number of aryl methyl sites for hydroxylation is 1. The molecule has 0 aliphatic carbocycles. The fraction of sp³-hybridized carbons (Fsp3) is 0.286. The van der Waals surface area contributed by atoms with Gasteiger partial charge in [-0.2, -0.15) is 0 Å². The molecule has 0 saturated carbocycles. The molecule has 4 nitrogen and oxygen atoms in total. The Morgan fingerprint density at radius 2 is 2.00 bits per heavy atom. The van der Waals surface area contributed by atoms with Crippen LogP contribution in [0, 0.1) is 6.92 Å². The first kappa shape index (κ1) is 14.9. The number of para-hydroxylation sites is 1. The zero-order valence-corrected chi connectivity index (χ0v) is 13.1. The Balaban J connectivity index is 2.39. The molecule has 0 aliphatic rings. The predicted octanol–water partition coefficient (Wildman–Crippen LogP) is 3.70. The lowest BCUT2D eigenvalue weighted by molar-refractivity contribution is 0.677. The van der Waals surface area contributed by atoms with Crippen molar-refractivity contribution in [2.75, 3.05) is 5.32 Å². The number of hydrogen-bond donors (Lipinski definition) is 1. The summed E-state index contributed by atoms with van der Waals surface area (Å²) in [6.45, 7) is 5.64. The summed E-state index contributed by atoms with van der Waals surface area (Å²) in [7, 11) is -1.08. The summed E-state index contributed by atoms with van der Waals surface area (Å²) in [4.78, 5) is 9.03. The second-order valence-electron chi connectivity index (χ2n) is 4.58. The maximum Gasteiger partial charge on any atom is 0.152 e. The lowest BCUT2D eigenvalue weighted by atomic mass is 10.3. The number of nitrogens with zero attached hydrogens (tertiary/aromatic N) is 2. The van der Waals surface area contributed by atoms with E-state index < -0.39 is 10.8 Å². The minimum Gasteiger partial charge on any atom is -0.338 e. The molecule has 0 saturated heterocycles. The van der Waals surface area contributed by atoms with Crippen LogP contribution in [0.15, 0.2) is 35.4 Å². The van der Waals surface area contributed by atoms with Gasteiger partial charge in [0.05, 0.1) is 27.6 Å². The molecule has 1 aromatic carbocycles. The molecule has 0 radical (unpaired) electrons. The van der Waals surface area contributed by atoms with Crippen LogP contribution in [0.2, 0.25) is 5.02 Å². The fourth-order valence-corrected chi connectivity index (χ4v) is 2.86. The quantitative estimate of drug-likeness (QED) is 0.935. The van der Waals surface area contributed by atoms with Crippen molar-refractivity contribution < 1.29 is 4.21 Å². The molecule has 0 fully saturated rings. The van der Waals surface area contributed by atoms with Crippen LogP contribution in [0.5, 0.6) is 0 Å². The molecule has 20 heavy (non-hydrogen) atoms. The molecule has 1 aromatic heterocycles. The van der Waals surface area contributed by atoms with Crippen molar-refractivity contribution in [3.63, 3.8) is 0 Å². The van der Waals surface area contributed by atoms with Crippen LogP contribution >= 0.6 is 11.6 Å². The van der Waals surface area contributed by atoms with Gasteiger partial charge in [-0.05, 0) is 19.1 Å². The maximum atomic E-state index is 12.3. The van der Waals surface area contributed by atoms with E-state index in [4.69, 9.17) is 11.6 Å². The summed E-state index contributed by atoms with van der Waals surface area (Å²) >= 11 is 6.08. The summed E-state index contributed by atoms with van der Waals surface area (Å²) in [6.07, 6.45) is 1.55. The van der Waals surface area contributed by atoms with E-state index in [1.54, 1.807) is 13.1 Å². The summed E-state index contributed by atoms with van der Waals surface area (Å²) in [5.41, 5.74) is 0.750. The van der Waals surface area contributed by atoms with Gasteiger partial charge in [0.2, 0.25) is 0 Å². The molecule has 1 unspecified atom stereocenters. The molecule has 0 amide bonds. The zero-order valence-electron chi connectivity index (χ0n) is 11.6. The lowest BCUT2D eigenvalue weighted by Crippen LogP contribution is -2.08. The van der Waals surface area contributed by atoms with Gasteiger partial charge in [-0.25, -0.2) is 9.97 Å². The van der Waals surface area contributed by atoms with E-state index in [9.17, 15) is 4.21 Å². The molecule has 6 heteroatoms. The first-order valence-corrected chi connectivity index (χ1v) is 7.84. The highest BCUT2D eigenvalue weighted by molar-refractivity contribution is 7.85. The second kappa shape index (κ2) is 6.33. The van der Waals surface area contributed by atoms with Crippen LogP contribution in [0.25, 0.3) is 0 Å². The number of nitrogens with one attached hydrogen (secondary N) is 1. The maximum absolute atomic E-state index is 12.3. The van der Waals surface area contributed by atoms with E-state index >= 15 is 0 Å². The third-order valence-electron chi connectivity index (χ3n) is 2.65. The van der Waals surface area contributed by atoms with Crippen LogP contribution in [0.1, 0.15) is 19.7 Å². The normalized spacial score (nSPS) is 12.4. The molecular weight excluding hydrogens is 294 g/mol. The Morgan fingerprint density at radius 3 is 2.70 bits per heavy atom. The highest BCUT2D eigenvalue weighted by Crippen LogP contribution is 2.27. The standard InChI is InChI=1S/C14H16ClN3OS/c1-9(2)20(19)13-7-5-4-6-12(13)18-14-11(15)8-16-10(3)17-14/h4-9H,1-3H3,(H,16,17,18). The third-order valence-corrected chi connectivity index (χ3v) is 4.57. The van der Waals surface area contributed by atoms with Gasteiger partial charge in [-0.1, -0.05) is 37.6 Å². The van der Waals surface area contributed by atoms with Crippen molar-refractivity contribution in [2.24, 2.45) is 0 Å². The van der Waals surface area contributed by atoms with Crippen molar-refractivity contribution in [1.29, 1.82) is 0 Å². The van der Waals surface area contributed by atoms with Gasteiger partial charge in [0.15, 0.2) is 5.82 Å². The monoisotopic (exact) mass is 309 g/mol. The highest BCUT2D eigenvalue weighted by atomic mass is 35.5. The molecule has 1 atom stereocenters. The molecule has 0 spiro atoms. The Kier molecular flexibility index (Phi) is 4.73. The van der Waals surface area contributed by atoms with Crippen molar-refractivity contribution in [3.8, 4) is 0 Å². The van der Waals surface area contributed by atoms with E-state index in [0.29, 0.717) is 16.7 Å². The fourth-order valence-electron chi connectivity index (χ4n) is 1.67. The average Bonchev–Trinajstić information content (AvgIpc) is 2.42. The van der Waals surface area contributed by atoms with Crippen molar-refractivity contribution in [1.82, 2.24) is 9.97 Å². The van der Waals surface area contributed by atoms with E-state index in [2.05, 4.69) is 15.3 Å². The molecule has 106 valence electrons. The van der Waals surface area contributed by atoms with Gasteiger partial charge < -0.3 is 5.32 Å². The number of rotatable bonds is 4. The van der Waals surface area contributed by atoms with Crippen LogP contribution < -0.4 is 5.32 Å². The molecule has 1 N–H and O–H groups in total. The zero-order chi connectivity index (χ0) is 14.7. The Morgan fingerprint density at radius 1 is 1.30 bits per heavy atom. The first-order chi connectivity index (χ1) is 9.49. The van der Waals surface area contributed by atoms with Gasteiger partial charge >= 0.3 is 0 Å². The van der Waals surface area contributed by atoms with Gasteiger partial charge in [-0.15, -0.1) is 0 Å². The topological polar surface area (TPSA) is 54.9 Å². The second-order valence-corrected chi connectivity index (χ2v) is 6.97. The Hall–Kier alpha value is -1.46. The van der Waals surface area contributed by atoms with Crippen LogP contribution in [0.3, 0.4) is 0 Å². The lowest BCUT2D eigenvalue weighted by Gasteiger charge is -2.13. The molecule has 2 aromatic rings. The van der Waals surface area contributed by atoms with Crippen molar-refractivity contribution in [2.45, 2.75) is 30.9 Å². The van der Waals surface area contributed by atoms with Crippen LogP contribution in [0.4, 0.5) is 11.5 Å². The predicted molar refractivity (Wildman–Crippen MR) is 83.0 cm³/mol. The summed E-state index contributed by atoms with van der Waals surface area (Å²) in [5, 5.41) is 3.61. The average molecular weight is 310 g/mol. The van der Waals surface area contributed by atoms with Crippen LogP contribution in [-0.4, -0.2) is 19.4 Å². The van der Waals surface area contributed by atoms with Gasteiger partial charge in [0.1, 0.15) is 10.8 Å². The first-order valence-electron chi connectivity index (χ1n) is 6.25. The van der Waals surface area contributed by atoms with Gasteiger partial charge in [0.25, 0.3) is 0 Å². The highest BCUT2D eigenvalue weighted by Gasteiger charge is 2.14. The molecule has 0 bridgehead atoms. The third kappa shape index (κ3) is 3.35. The number of hydrogen-bond acceptors (Lipinski definition) is 4. The number of anilines is 2. The summed E-state index contributed by atoms with van der Waals surface area (Å²) in [6, 6.07) is 7.46. The number of benzene rings is 1.